The maximum atomic E-state index is 5.61. The molecule has 18 heavy (non-hydrogen) atoms. The molecular formula is C14H18O2S2. The van der Waals surface area contributed by atoms with Crippen LogP contribution in [-0.4, -0.2) is 37.3 Å². The van der Waals surface area contributed by atoms with Gasteiger partial charge >= 0.3 is 0 Å². The minimum Gasteiger partial charge on any atom is -0.348 e. The van der Waals surface area contributed by atoms with Gasteiger partial charge in [-0.25, -0.2) is 0 Å². The van der Waals surface area contributed by atoms with Gasteiger partial charge in [-0.05, 0) is 36.3 Å². The minimum absolute atomic E-state index is 0.200. The fraction of sp³-hybridized carbons (Fsp3) is 0.429. The predicted molar refractivity (Wildman–Crippen MR) is 80.3 cm³/mol. The standard InChI is InChI=1S/C14H18O2S2/c1-17-12-6-3-11(4-7-12)5-8-14-15-9-13(18-2)10-16-14/h3-8,13-14H,9-10H2,1-2H3. The Labute approximate surface area is 117 Å². The van der Waals surface area contributed by atoms with Crippen LogP contribution in [0, 0.1) is 0 Å². The summed E-state index contributed by atoms with van der Waals surface area (Å²) in [5.41, 5.74) is 1.17. The Morgan fingerprint density at radius 1 is 1.11 bits per heavy atom. The van der Waals surface area contributed by atoms with Crippen molar-refractivity contribution < 1.29 is 9.47 Å². The van der Waals surface area contributed by atoms with E-state index in [2.05, 4.69) is 36.8 Å². The van der Waals surface area contributed by atoms with Crippen molar-refractivity contribution in [2.75, 3.05) is 25.7 Å². The van der Waals surface area contributed by atoms with Gasteiger partial charge in [-0.3, -0.25) is 0 Å². The van der Waals surface area contributed by atoms with Crippen molar-refractivity contribution in [2.45, 2.75) is 16.4 Å². The van der Waals surface area contributed by atoms with Crippen molar-refractivity contribution in [2.24, 2.45) is 0 Å². The fourth-order valence-electron chi connectivity index (χ4n) is 1.65. The Balaban J connectivity index is 1.86. The van der Waals surface area contributed by atoms with Crippen molar-refractivity contribution in [3.8, 4) is 0 Å². The van der Waals surface area contributed by atoms with Gasteiger partial charge in [0.05, 0.1) is 18.5 Å². The van der Waals surface area contributed by atoms with Crippen LogP contribution >= 0.6 is 23.5 Å². The summed E-state index contributed by atoms with van der Waals surface area (Å²) in [7, 11) is 0. The van der Waals surface area contributed by atoms with E-state index >= 15 is 0 Å². The van der Waals surface area contributed by atoms with E-state index in [-0.39, 0.29) is 6.29 Å². The Kier molecular flexibility index (Phi) is 5.63. The second-order valence-corrected chi connectivity index (χ2v) is 6.04. The van der Waals surface area contributed by atoms with E-state index in [0.29, 0.717) is 5.25 Å². The third kappa shape index (κ3) is 4.05. The van der Waals surface area contributed by atoms with E-state index in [0.717, 1.165) is 13.2 Å². The lowest BCUT2D eigenvalue weighted by Gasteiger charge is -2.26. The molecule has 0 atom stereocenters. The molecule has 98 valence electrons. The zero-order valence-corrected chi connectivity index (χ0v) is 12.3. The quantitative estimate of drug-likeness (QED) is 0.786. The Morgan fingerprint density at radius 3 is 2.33 bits per heavy atom. The molecule has 2 nitrogen and oxygen atoms in total. The van der Waals surface area contributed by atoms with Gasteiger partial charge in [0.25, 0.3) is 0 Å². The molecule has 0 amide bonds. The molecule has 1 saturated heterocycles. The third-order valence-electron chi connectivity index (χ3n) is 2.79. The highest BCUT2D eigenvalue weighted by Crippen LogP contribution is 2.18. The van der Waals surface area contributed by atoms with Crippen LogP contribution in [0.2, 0.25) is 0 Å². The summed E-state index contributed by atoms with van der Waals surface area (Å²) < 4.78 is 11.2. The lowest BCUT2D eigenvalue weighted by atomic mass is 10.2. The smallest absolute Gasteiger partial charge is 0.177 e. The van der Waals surface area contributed by atoms with E-state index in [4.69, 9.17) is 9.47 Å². The summed E-state index contributed by atoms with van der Waals surface area (Å²) in [6, 6.07) is 8.46. The van der Waals surface area contributed by atoms with Crippen molar-refractivity contribution in [1.82, 2.24) is 0 Å². The molecule has 0 unspecified atom stereocenters. The van der Waals surface area contributed by atoms with Crippen molar-refractivity contribution in [1.29, 1.82) is 0 Å². The van der Waals surface area contributed by atoms with Crippen LogP contribution in [-0.2, 0) is 9.47 Å². The molecule has 1 aromatic carbocycles. The Bertz CT molecular complexity index is 381. The first-order valence-electron chi connectivity index (χ1n) is 5.90. The predicted octanol–water partition coefficient (Wildman–Crippen LogP) is 3.53. The summed E-state index contributed by atoms with van der Waals surface area (Å²) in [6.07, 6.45) is 7.99. The van der Waals surface area contributed by atoms with E-state index in [1.54, 1.807) is 23.5 Å². The number of ether oxygens (including phenoxy) is 2. The third-order valence-corrected chi connectivity index (χ3v) is 4.47. The lowest BCUT2D eigenvalue weighted by molar-refractivity contribution is -0.145. The SMILES string of the molecule is CSc1ccc(C=CC2OCC(SC)CO2)cc1. The highest BCUT2D eigenvalue weighted by Gasteiger charge is 2.18. The van der Waals surface area contributed by atoms with Crippen LogP contribution in [0.5, 0.6) is 0 Å². The number of hydrogen-bond acceptors (Lipinski definition) is 4. The second kappa shape index (κ2) is 7.24. The topological polar surface area (TPSA) is 18.5 Å². The zero-order chi connectivity index (χ0) is 12.8. The van der Waals surface area contributed by atoms with Gasteiger partial charge in [-0.2, -0.15) is 11.8 Å². The molecule has 0 N–H and O–H groups in total. The molecule has 1 aromatic rings. The molecular weight excluding hydrogens is 264 g/mol. The molecule has 0 aliphatic carbocycles. The molecule has 4 heteroatoms. The first kappa shape index (κ1) is 14.0. The van der Waals surface area contributed by atoms with E-state index in [1.165, 1.54) is 10.5 Å². The average Bonchev–Trinajstić information content (AvgIpc) is 2.46. The normalized spacial score (nSPS) is 24.6. The van der Waals surface area contributed by atoms with E-state index < -0.39 is 0 Å². The van der Waals surface area contributed by atoms with Crippen LogP contribution in [0.3, 0.4) is 0 Å². The van der Waals surface area contributed by atoms with Crippen molar-refractivity contribution in [3.63, 3.8) is 0 Å². The summed E-state index contributed by atoms with van der Waals surface area (Å²) in [5.74, 6) is 0. The van der Waals surface area contributed by atoms with Crippen molar-refractivity contribution >= 4 is 29.6 Å². The van der Waals surface area contributed by atoms with Gasteiger partial charge in [-0.1, -0.05) is 18.2 Å². The Morgan fingerprint density at radius 2 is 1.78 bits per heavy atom. The first-order chi connectivity index (χ1) is 8.81. The molecule has 1 heterocycles. The van der Waals surface area contributed by atoms with Crippen LogP contribution in [0.1, 0.15) is 5.56 Å². The molecule has 1 fully saturated rings. The number of hydrogen-bond donors (Lipinski definition) is 0. The molecule has 1 aliphatic heterocycles. The highest BCUT2D eigenvalue weighted by molar-refractivity contribution is 7.99. The van der Waals surface area contributed by atoms with Crippen LogP contribution < -0.4 is 0 Å². The van der Waals surface area contributed by atoms with Gasteiger partial charge in [0.2, 0.25) is 0 Å². The molecule has 0 saturated carbocycles. The zero-order valence-electron chi connectivity index (χ0n) is 10.7. The summed E-state index contributed by atoms with van der Waals surface area (Å²) in [5, 5.41) is 0.468. The maximum Gasteiger partial charge on any atom is 0.177 e. The van der Waals surface area contributed by atoms with Gasteiger partial charge < -0.3 is 9.47 Å². The van der Waals surface area contributed by atoms with Crippen LogP contribution in [0.25, 0.3) is 6.08 Å². The molecule has 0 radical (unpaired) electrons. The molecule has 2 rings (SSSR count). The Hall–Kier alpha value is -0.420. The van der Waals surface area contributed by atoms with Crippen LogP contribution in [0.15, 0.2) is 35.2 Å². The average molecular weight is 282 g/mol. The minimum atomic E-state index is -0.200. The summed E-state index contributed by atoms with van der Waals surface area (Å²) in [6.45, 7) is 1.53. The number of rotatable bonds is 4. The monoisotopic (exact) mass is 282 g/mol. The van der Waals surface area contributed by atoms with Gasteiger partial charge in [-0.15, -0.1) is 11.8 Å². The largest absolute Gasteiger partial charge is 0.348 e. The summed E-state index contributed by atoms with van der Waals surface area (Å²) >= 11 is 3.54. The summed E-state index contributed by atoms with van der Waals surface area (Å²) in [4.78, 5) is 1.28. The molecule has 1 aliphatic rings. The van der Waals surface area contributed by atoms with E-state index in [1.807, 2.05) is 12.2 Å². The van der Waals surface area contributed by atoms with Crippen molar-refractivity contribution in [3.05, 3.63) is 35.9 Å². The van der Waals surface area contributed by atoms with Gasteiger partial charge in [0.1, 0.15) is 0 Å². The van der Waals surface area contributed by atoms with Gasteiger partial charge in [0.15, 0.2) is 6.29 Å². The molecule has 0 spiro atoms. The fourth-order valence-corrected chi connectivity index (χ4v) is 2.49. The van der Waals surface area contributed by atoms with E-state index in [9.17, 15) is 0 Å². The number of thioether (sulfide) groups is 2. The van der Waals surface area contributed by atoms with Crippen LogP contribution in [0.4, 0.5) is 0 Å². The lowest BCUT2D eigenvalue weighted by Crippen LogP contribution is -2.32. The second-order valence-electron chi connectivity index (χ2n) is 4.03. The maximum absolute atomic E-state index is 5.61. The first-order valence-corrected chi connectivity index (χ1v) is 8.41. The number of benzene rings is 1. The van der Waals surface area contributed by atoms with Gasteiger partial charge in [0, 0.05) is 4.90 Å². The molecule has 0 aromatic heterocycles. The molecule has 0 bridgehead atoms. The highest BCUT2D eigenvalue weighted by atomic mass is 32.2.